The number of phosphoric ester groups is 1. The Morgan fingerprint density at radius 1 is 0.353 bits per heavy atom. The van der Waals surface area contributed by atoms with E-state index in [0.29, 0.717) is 12.8 Å². The van der Waals surface area contributed by atoms with Crippen molar-refractivity contribution in [3.8, 4) is 0 Å². The summed E-state index contributed by atoms with van der Waals surface area (Å²) in [5, 5.41) is 0. The Morgan fingerprint density at radius 3 is 0.918 bits per heavy atom. The summed E-state index contributed by atoms with van der Waals surface area (Å²) in [6.07, 6.45) is 104. The zero-order valence-corrected chi connectivity index (χ0v) is 54.1. The van der Waals surface area contributed by atoms with Crippen LogP contribution in [0.3, 0.4) is 0 Å². The van der Waals surface area contributed by atoms with Crippen LogP contribution in [0.4, 0.5) is 0 Å². The molecule has 0 aromatic heterocycles. The van der Waals surface area contributed by atoms with E-state index in [1.165, 1.54) is 44.9 Å². The number of allylic oxidation sites excluding steroid dienone is 32. The highest BCUT2D eigenvalue weighted by Gasteiger charge is 2.26. The van der Waals surface area contributed by atoms with Gasteiger partial charge in [-0.05, 0) is 141 Å². The third-order valence-electron chi connectivity index (χ3n) is 13.0. The maximum atomic E-state index is 12.7. The third-order valence-corrected chi connectivity index (χ3v) is 14.0. The molecule has 0 aliphatic rings. The molecule has 9 nitrogen and oxygen atoms in total. The molecule has 0 saturated carbocycles. The van der Waals surface area contributed by atoms with Gasteiger partial charge in [-0.25, -0.2) is 4.57 Å². The summed E-state index contributed by atoms with van der Waals surface area (Å²) in [5.74, 6) is -0.884. The van der Waals surface area contributed by atoms with Crippen molar-refractivity contribution in [3.63, 3.8) is 0 Å². The van der Waals surface area contributed by atoms with Crippen LogP contribution in [0.1, 0.15) is 232 Å². The average Bonchev–Trinajstić information content (AvgIpc) is 3.52. The van der Waals surface area contributed by atoms with Crippen LogP contribution in [-0.4, -0.2) is 49.3 Å². The van der Waals surface area contributed by atoms with Crippen LogP contribution in [0.5, 0.6) is 0 Å². The van der Waals surface area contributed by atoms with Gasteiger partial charge >= 0.3 is 19.8 Å². The molecule has 0 amide bonds. The van der Waals surface area contributed by atoms with E-state index in [-0.39, 0.29) is 32.6 Å². The Labute approximate surface area is 519 Å². The van der Waals surface area contributed by atoms with Crippen molar-refractivity contribution in [2.45, 2.75) is 238 Å². The molecule has 0 radical (unpaired) electrons. The fourth-order valence-electron chi connectivity index (χ4n) is 8.20. The van der Waals surface area contributed by atoms with Crippen molar-refractivity contribution in [3.05, 3.63) is 194 Å². The zero-order valence-electron chi connectivity index (χ0n) is 53.3. The maximum Gasteiger partial charge on any atom is 0.472 e. The van der Waals surface area contributed by atoms with Gasteiger partial charge in [0, 0.05) is 19.4 Å². The van der Waals surface area contributed by atoms with E-state index in [0.717, 1.165) is 148 Å². The first-order chi connectivity index (χ1) is 41.8. The number of rotatable bonds is 59. The Bertz CT molecular complexity index is 2090. The van der Waals surface area contributed by atoms with Crippen molar-refractivity contribution in [2.75, 3.05) is 26.4 Å². The van der Waals surface area contributed by atoms with E-state index in [1.54, 1.807) is 0 Å². The third kappa shape index (κ3) is 67.8. The Morgan fingerprint density at radius 2 is 0.612 bits per heavy atom. The molecule has 0 heterocycles. The normalized spacial score (nSPS) is 14.3. The minimum Gasteiger partial charge on any atom is -0.462 e. The molecule has 0 saturated heterocycles. The molecule has 85 heavy (non-hydrogen) atoms. The van der Waals surface area contributed by atoms with Crippen LogP contribution >= 0.6 is 7.82 Å². The number of nitrogens with two attached hydrogens (primary N) is 1. The number of ether oxygens (including phenoxy) is 2. The SMILES string of the molecule is CC/C=C\C/C=C\C/C=C\C/C=C\C/C=C\C/C=C\C/C=C\C/C=C\C/C=C\C/C=C\C/C=C\CCCCCC(=O)OC(COC(=O)CCCCCCCCCCCCC/C=C\C/C=C\C/C=C\C/C=C\C/C=C\CC)COP(=O)(O)OCCN. The number of esters is 2. The second-order valence-corrected chi connectivity index (χ2v) is 22.3. The molecule has 3 N–H and O–H groups in total. The van der Waals surface area contributed by atoms with Crippen molar-refractivity contribution < 1.29 is 37.6 Å². The van der Waals surface area contributed by atoms with Gasteiger partial charge < -0.3 is 20.1 Å². The van der Waals surface area contributed by atoms with E-state index in [1.807, 2.05) is 0 Å². The molecule has 0 aliphatic heterocycles. The summed E-state index contributed by atoms with van der Waals surface area (Å²) in [6, 6.07) is 0. The van der Waals surface area contributed by atoms with Gasteiger partial charge in [-0.2, -0.15) is 0 Å². The minimum absolute atomic E-state index is 0.0365. The first-order valence-corrected chi connectivity index (χ1v) is 34.4. The lowest BCUT2D eigenvalue weighted by atomic mass is 10.0. The highest BCUT2D eigenvalue weighted by molar-refractivity contribution is 7.47. The molecule has 2 atom stereocenters. The number of hydrogen-bond donors (Lipinski definition) is 2. The fraction of sp³-hybridized carbons (Fsp3) is 0.547. The highest BCUT2D eigenvalue weighted by atomic mass is 31.2. The summed E-state index contributed by atoms with van der Waals surface area (Å²) in [4.78, 5) is 35.3. The number of unbranched alkanes of at least 4 members (excludes halogenated alkanes) is 14. The van der Waals surface area contributed by atoms with E-state index in [4.69, 9.17) is 24.3 Å². The standard InChI is InChI=1S/C75H118NO8P/c1-3-5-7-9-11-13-15-17-19-21-23-25-27-29-31-32-33-34-35-36-37-38-39-40-42-44-46-48-50-52-54-56-58-60-62-64-66-68-75(78)84-73(72-83-85(79,80)82-70-69-76)71-81-74(77)67-65-63-61-59-57-55-53-51-49-47-45-43-41-30-28-26-24-22-20-18-16-14-12-10-8-6-4-2/h5-8,11-14,17-20,23-26,29-31,33-34,36-37,39-41,44,46,50,52,56,58,73H,3-4,9-10,15-16,21-22,27-28,32,35,38,42-43,45,47-49,51,53-55,57,59-72,76H2,1-2H3,(H,79,80)/b7-5-,8-6-,13-11-,14-12-,19-17-,20-18-,25-23-,26-24-,31-29-,34-33-,37-36-,40-39-,41-30-,46-44-,52-50-,58-56-. The second kappa shape index (κ2) is 68.0. The van der Waals surface area contributed by atoms with Gasteiger partial charge in [0.2, 0.25) is 0 Å². The smallest absolute Gasteiger partial charge is 0.462 e. The Kier molecular flexibility index (Phi) is 63.9. The molecular weight excluding hydrogens is 1070 g/mol. The lowest BCUT2D eigenvalue weighted by molar-refractivity contribution is -0.161. The molecule has 10 heteroatoms. The van der Waals surface area contributed by atoms with Gasteiger partial charge in [0.05, 0.1) is 13.2 Å². The molecule has 0 aliphatic carbocycles. The van der Waals surface area contributed by atoms with Crippen LogP contribution in [0, 0.1) is 0 Å². The molecule has 0 fully saturated rings. The monoisotopic (exact) mass is 1190 g/mol. The molecule has 0 aromatic carbocycles. The minimum atomic E-state index is -4.42. The second-order valence-electron chi connectivity index (χ2n) is 20.9. The van der Waals surface area contributed by atoms with Crippen LogP contribution in [0.2, 0.25) is 0 Å². The van der Waals surface area contributed by atoms with Crippen molar-refractivity contribution in [1.82, 2.24) is 0 Å². The summed E-state index contributed by atoms with van der Waals surface area (Å²) in [7, 11) is -4.42. The summed E-state index contributed by atoms with van der Waals surface area (Å²) >= 11 is 0. The first kappa shape index (κ1) is 79.8. The van der Waals surface area contributed by atoms with E-state index in [9.17, 15) is 19.0 Å². The predicted octanol–water partition coefficient (Wildman–Crippen LogP) is 21.7. The maximum absolute atomic E-state index is 12.7. The van der Waals surface area contributed by atoms with Crippen molar-refractivity contribution >= 4 is 19.8 Å². The number of hydrogen-bond acceptors (Lipinski definition) is 8. The van der Waals surface area contributed by atoms with Gasteiger partial charge in [-0.1, -0.05) is 272 Å². The van der Waals surface area contributed by atoms with Crippen LogP contribution < -0.4 is 5.73 Å². The molecule has 2 unspecified atom stereocenters. The van der Waals surface area contributed by atoms with Gasteiger partial charge in [-0.3, -0.25) is 18.6 Å². The summed E-state index contributed by atoms with van der Waals surface area (Å²) in [6.45, 7) is 3.45. The highest BCUT2D eigenvalue weighted by Crippen LogP contribution is 2.43. The lowest BCUT2D eigenvalue weighted by Crippen LogP contribution is -2.29. The predicted molar refractivity (Wildman–Crippen MR) is 366 cm³/mol. The lowest BCUT2D eigenvalue weighted by Gasteiger charge is -2.19. The molecule has 0 spiro atoms. The van der Waals surface area contributed by atoms with E-state index in [2.05, 4.69) is 208 Å². The van der Waals surface area contributed by atoms with E-state index < -0.39 is 32.5 Å². The van der Waals surface area contributed by atoms with E-state index >= 15 is 0 Å². The Hall–Kier alpha value is -5.15. The quantitative estimate of drug-likeness (QED) is 0.0264. The number of carbonyl (C=O) groups is 2. The first-order valence-electron chi connectivity index (χ1n) is 32.9. The molecule has 476 valence electrons. The Balaban J connectivity index is 4.08. The topological polar surface area (TPSA) is 134 Å². The average molecular weight is 1190 g/mol. The van der Waals surface area contributed by atoms with Gasteiger partial charge in [0.1, 0.15) is 6.61 Å². The largest absolute Gasteiger partial charge is 0.472 e. The summed E-state index contributed by atoms with van der Waals surface area (Å²) < 4.78 is 33.1. The van der Waals surface area contributed by atoms with Gasteiger partial charge in [-0.15, -0.1) is 0 Å². The molecule has 0 rings (SSSR count). The van der Waals surface area contributed by atoms with Crippen LogP contribution in [0.15, 0.2) is 194 Å². The fourth-order valence-corrected chi connectivity index (χ4v) is 8.96. The van der Waals surface area contributed by atoms with Crippen LogP contribution in [-0.2, 0) is 32.7 Å². The van der Waals surface area contributed by atoms with Crippen molar-refractivity contribution in [1.29, 1.82) is 0 Å². The number of carbonyl (C=O) groups excluding carboxylic acids is 2. The molecule has 0 aromatic rings. The molecular formula is C75H118NO8P. The number of phosphoric acid groups is 1. The van der Waals surface area contributed by atoms with Gasteiger partial charge in [0.25, 0.3) is 0 Å². The van der Waals surface area contributed by atoms with Crippen molar-refractivity contribution in [2.24, 2.45) is 5.73 Å². The van der Waals surface area contributed by atoms with Gasteiger partial charge in [0.15, 0.2) is 6.10 Å². The zero-order chi connectivity index (χ0) is 61.6. The summed E-state index contributed by atoms with van der Waals surface area (Å²) in [5.41, 5.74) is 5.39. The molecule has 0 bridgehead atoms. The van der Waals surface area contributed by atoms with Crippen LogP contribution in [0.25, 0.3) is 0 Å².